The first-order valence-corrected chi connectivity index (χ1v) is 9.07. The minimum Gasteiger partial charge on any atom is -0.493 e. The molecule has 5 nitrogen and oxygen atoms in total. The molecule has 0 N–H and O–H groups in total. The SMILES string of the molecule is C#CCOc1ccc(/C=C2/SC(=O)N(Cc3ccc(F)cc3)C2=O)cc1OC. The number of nitrogens with zero attached hydrogens (tertiary/aromatic N) is 1. The number of rotatable bonds is 6. The van der Waals surface area contributed by atoms with E-state index in [0.717, 1.165) is 16.7 Å². The Labute approximate surface area is 166 Å². The van der Waals surface area contributed by atoms with Crippen LogP contribution in [-0.4, -0.2) is 29.8 Å². The van der Waals surface area contributed by atoms with E-state index in [-0.39, 0.29) is 24.2 Å². The maximum atomic E-state index is 13.0. The third-order valence-electron chi connectivity index (χ3n) is 3.92. The number of ether oxygens (including phenoxy) is 2. The Balaban J connectivity index is 1.79. The topological polar surface area (TPSA) is 55.8 Å². The zero-order valence-electron chi connectivity index (χ0n) is 15.0. The molecule has 0 aliphatic carbocycles. The maximum Gasteiger partial charge on any atom is 0.293 e. The molecule has 0 aromatic heterocycles. The van der Waals surface area contributed by atoms with E-state index in [9.17, 15) is 14.0 Å². The normalized spacial score (nSPS) is 15.0. The second kappa shape index (κ2) is 8.63. The van der Waals surface area contributed by atoms with Crippen molar-refractivity contribution < 1.29 is 23.5 Å². The van der Waals surface area contributed by atoms with Crippen molar-refractivity contribution >= 4 is 29.0 Å². The van der Waals surface area contributed by atoms with Crippen molar-refractivity contribution in [1.29, 1.82) is 0 Å². The summed E-state index contributed by atoms with van der Waals surface area (Å²) in [6.45, 7) is 0.197. The predicted molar refractivity (Wildman–Crippen MR) is 105 cm³/mol. The van der Waals surface area contributed by atoms with E-state index in [1.54, 1.807) is 36.4 Å². The molecule has 1 aliphatic rings. The van der Waals surface area contributed by atoms with E-state index >= 15 is 0 Å². The quantitative estimate of drug-likeness (QED) is 0.543. The number of methoxy groups -OCH3 is 1. The summed E-state index contributed by atoms with van der Waals surface area (Å²) in [6.07, 6.45) is 6.80. The van der Waals surface area contributed by atoms with Gasteiger partial charge in [-0.3, -0.25) is 14.5 Å². The fraction of sp³-hybridized carbons (Fsp3) is 0.143. The van der Waals surface area contributed by atoms with Crippen molar-refractivity contribution in [3.8, 4) is 23.8 Å². The first kappa shape index (κ1) is 19.5. The minimum absolute atomic E-state index is 0.0878. The molecular formula is C21H16FNO4S. The van der Waals surface area contributed by atoms with Crippen LogP contribution in [0.1, 0.15) is 11.1 Å². The van der Waals surface area contributed by atoms with Crippen molar-refractivity contribution in [1.82, 2.24) is 4.90 Å². The monoisotopic (exact) mass is 397 g/mol. The number of hydrogen-bond donors (Lipinski definition) is 0. The zero-order chi connectivity index (χ0) is 20.1. The number of hydrogen-bond acceptors (Lipinski definition) is 5. The smallest absolute Gasteiger partial charge is 0.293 e. The lowest BCUT2D eigenvalue weighted by Crippen LogP contribution is -2.27. The molecule has 28 heavy (non-hydrogen) atoms. The summed E-state index contributed by atoms with van der Waals surface area (Å²) in [5.41, 5.74) is 1.35. The number of imide groups is 1. The van der Waals surface area contributed by atoms with Crippen LogP contribution in [0.15, 0.2) is 47.4 Å². The van der Waals surface area contributed by atoms with Crippen LogP contribution in [0.25, 0.3) is 6.08 Å². The number of benzene rings is 2. The van der Waals surface area contributed by atoms with Gasteiger partial charge in [0.1, 0.15) is 12.4 Å². The number of amides is 2. The molecule has 2 amide bonds. The molecule has 1 fully saturated rings. The van der Waals surface area contributed by atoms with E-state index in [1.165, 1.54) is 19.2 Å². The first-order valence-electron chi connectivity index (χ1n) is 8.26. The predicted octanol–water partition coefficient (Wildman–Crippen LogP) is 4.08. The Morgan fingerprint density at radius 1 is 1.18 bits per heavy atom. The largest absolute Gasteiger partial charge is 0.493 e. The van der Waals surface area contributed by atoms with Gasteiger partial charge in [-0.15, -0.1) is 6.42 Å². The highest BCUT2D eigenvalue weighted by Crippen LogP contribution is 2.35. The standard InChI is InChI=1S/C21H16FNO4S/c1-3-10-27-17-9-6-15(11-18(17)26-2)12-19-20(24)23(21(25)28-19)13-14-4-7-16(22)8-5-14/h1,4-9,11-12H,10,13H2,2H3/b19-12+. The molecule has 3 rings (SSSR count). The van der Waals surface area contributed by atoms with Crippen molar-refractivity contribution in [3.05, 3.63) is 64.3 Å². The van der Waals surface area contributed by atoms with Crippen LogP contribution in [0.3, 0.4) is 0 Å². The third kappa shape index (κ3) is 4.35. The van der Waals surface area contributed by atoms with Crippen LogP contribution in [0.2, 0.25) is 0 Å². The lowest BCUT2D eigenvalue weighted by Gasteiger charge is -2.12. The van der Waals surface area contributed by atoms with Gasteiger partial charge in [-0.2, -0.15) is 0 Å². The Hall–Kier alpha value is -3.24. The molecule has 0 saturated carbocycles. The lowest BCUT2D eigenvalue weighted by molar-refractivity contribution is -0.123. The van der Waals surface area contributed by atoms with E-state index < -0.39 is 5.91 Å². The fourth-order valence-electron chi connectivity index (χ4n) is 2.57. The first-order chi connectivity index (χ1) is 13.5. The van der Waals surface area contributed by atoms with Crippen LogP contribution < -0.4 is 9.47 Å². The van der Waals surface area contributed by atoms with E-state index in [1.807, 2.05) is 0 Å². The number of thioether (sulfide) groups is 1. The molecule has 0 bridgehead atoms. The molecule has 0 radical (unpaired) electrons. The van der Waals surface area contributed by atoms with Crippen LogP contribution in [-0.2, 0) is 11.3 Å². The average Bonchev–Trinajstić information content (AvgIpc) is 2.95. The summed E-state index contributed by atoms with van der Waals surface area (Å²) in [5.74, 6) is 2.56. The van der Waals surface area contributed by atoms with E-state index in [4.69, 9.17) is 15.9 Å². The van der Waals surface area contributed by atoms with Gasteiger partial charge in [-0.1, -0.05) is 24.1 Å². The van der Waals surface area contributed by atoms with Gasteiger partial charge < -0.3 is 9.47 Å². The van der Waals surface area contributed by atoms with Crippen LogP contribution in [0.4, 0.5) is 9.18 Å². The van der Waals surface area contributed by atoms with E-state index in [0.29, 0.717) is 27.5 Å². The average molecular weight is 397 g/mol. The van der Waals surface area contributed by atoms with Gasteiger partial charge in [0.25, 0.3) is 11.1 Å². The summed E-state index contributed by atoms with van der Waals surface area (Å²) in [6, 6.07) is 10.8. The Morgan fingerprint density at radius 3 is 2.61 bits per heavy atom. The summed E-state index contributed by atoms with van der Waals surface area (Å²) in [4.78, 5) is 26.3. The van der Waals surface area contributed by atoms with Crippen molar-refractivity contribution in [2.75, 3.05) is 13.7 Å². The van der Waals surface area contributed by atoms with Crippen LogP contribution in [0.5, 0.6) is 11.5 Å². The van der Waals surface area contributed by atoms with Gasteiger partial charge in [-0.25, -0.2) is 4.39 Å². The van der Waals surface area contributed by atoms with Gasteiger partial charge in [0.15, 0.2) is 11.5 Å². The number of terminal acetylenes is 1. The van der Waals surface area contributed by atoms with Gasteiger partial charge in [-0.05, 0) is 53.2 Å². The zero-order valence-corrected chi connectivity index (χ0v) is 15.8. The summed E-state index contributed by atoms with van der Waals surface area (Å²) in [7, 11) is 1.50. The molecular weight excluding hydrogens is 381 g/mol. The second-order valence-electron chi connectivity index (χ2n) is 5.80. The number of carbonyl (C=O) groups excluding carboxylic acids is 2. The van der Waals surface area contributed by atoms with Crippen molar-refractivity contribution in [2.45, 2.75) is 6.54 Å². The molecule has 2 aromatic rings. The summed E-state index contributed by atoms with van der Waals surface area (Å²) >= 11 is 0.856. The molecule has 7 heteroatoms. The maximum absolute atomic E-state index is 13.0. The van der Waals surface area contributed by atoms with Crippen LogP contribution in [0, 0.1) is 18.2 Å². The van der Waals surface area contributed by atoms with Gasteiger partial charge in [0.2, 0.25) is 0 Å². The molecule has 0 spiro atoms. The van der Waals surface area contributed by atoms with Gasteiger partial charge in [0.05, 0.1) is 18.6 Å². The molecule has 0 atom stereocenters. The Kier molecular flexibility index (Phi) is 6.02. The minimum atomic E-state index is -0.397. The van der Waals surface area contributed by atoms with Gasteiger partial charge >= 0.3 is 0 Å². The lowest BCUT2D eigenvalue weighted by atomic mass is 10.1. The third-order valence-corrected chi connectivity index (χ3v) is 4.83. The summed E-state index contributed by atoms with van der Waals surface area (Å²) in [5, 5.41) is -0.374. The number of halogens is 1. The highest BCUT2D eigenvalue weighted by molar-refractivity contribution is 8.18. The van der Waals surface area contributed by atoms with Crippen molar-refractivity contribution in [3.63, 3.8) is 0 Å². The molecule has 1 aliphatic heterocycles. The highest BCUT2D eigenvalue weighted by atomic mass is 32.2. The molecule has 1 heterocycles. The highest BCUT2D eigenvalue weighted by Gasteiger charge is 2.35. The molecule has 142 valence electrons. The Morgan fingerprint density at radius 2 is 1.93 bits per heavy atom. The summed E-state index contributed by atoms with van der Waals surface area (Å²) < 4.78 is 23.7. The van der Waals surface area contributed by atoms with Gasteiger partial charge in [0, 0.05) is 0 Å². The second-order valence-corrected chi connectivity index (χ2v) is 6.79. The molecule has 2 aromatic carbocycles. The number of carbonyl (C=O) groups is 2. The van der Waals surface area contributed by atoms with E-state index in [2.05, 4.69) is 5.92 Å². The van der Waals surface area contributed by atoms with Crippen molar-refractivity contribution in [2.24, 2.45) is 0 Å². The Bertz CT molecular complexity index is 979. The van der Waals surface area contributed by atoms with Crippen LogP contribution >= 0.6 is 11.8 Å². The fourth-order valence-corrected chi connectivity index (χ4v) is 3.41. The molecule has 1 saturated heterocycles. The molecule has 0 unspecified atom stereocenters.